The first-order valence-corrected chi connectivity index (χ1v) is 9.26. The number of para-hydroxylation sites is 2. The number of amides is 1. The SMILES string of the molecule is O=C(NC[C@H]1COc2ccccc2O1)[C@H](c1ccccc1)N1CCCC1. The van der Waals surface area contributed by atoms with Crippen LogP contribution in [-0.4, -0.2) is 43.2 Å². The van der Waals surface area contributed by atoms with Crippen molar-refractivity contribution in [2.24, 2.45) is 0 Å². The predicted octanol–water partition coefficient (Wildman–Crippen LogP) is 2.78. The molecule has 5 nitrogen and oxygen atoms in total. The van der Waals surface area contributed by atoms with Gasteiger partial charge >= 0.3 is 0 Å². The molecular weight excluding hydrogens is 328 g/mol. The third kappa shape index (κ3) is 3.68. The van der Waals surface area contributed by atoms with Gasteiger partial charge in [-0.25, -0.2) is 0 Å². The Hall–Kier alpha value is -2.53. The second kappa shape index (κ2) is 7.79. The first-order chi connectivity index (χ1) is 12.8. The summed E-state index contributed by atoms with van der Waals surface area (Å²) in [7, 11) is 0. The van der Waals surface area contributed by atoms with Gasteiger partial charge in [-0.3, -0.25) is 9.69 Å². The van der Waals surface area contributed by atoms with Crippen molar-refractivity contribution in [1.29, 1.82) is 0 Å². The molecule has 2 aliphatic rings. The molecule has 2 aromatic carbocycles. The fourth-order valence-corrected chi connectivity index (χ4v) is 3.64. The van der Waals surface area contributed by atoms with Crippen LogP contribution in [0.5, 0.6) is 11.5 Å². The van der Waals surface area contributed by atoms with E-state index in [0.29, 0.717) is 13.2 Å². The highest BCUT2D eigenvalue weighted by molar-refractivity contribution is 5.83. The van der Waals surface area contributed by atoms with Gasteiger partial charge in [0.2, 0.25) is 5.91 Å². The van der Waals surface area contributed by atoms with Crippen LogP contribution in [-0.2, 0) is 4.79 Å². The van der Waals surface area contributed by atoms with Crippen molar-refractivity contribution in [3.05, 3.63) is 60.2 Å². The molecular formula is C21H24N2O3. The molecule has 2 heterocycles. The number of hydrogen-bond acceptors (Lipinski definition) is 4. The molecule has 2 aromatic rings. The lowest BCUT2D eigenvalue weighted by Gasteiger charge is -2.29. The summed E-state index contributed by atoms with van der Waals surface area (Å²) in [4.78, 5) is 15.2. The van der Waals surface area contributed by atoms with Crippen molar-refractivity contribution in [3.63, 3.8) is 0 Å². The Morgan fingerprint density at radius 1 is 1.04 bits per heavy atom. The number of carbonyl (C=O) groups is 1. The van der Waals surface area contributed by atoms with Crippen LogP contribution < -0.4 is 14.8 Å². The molecule has 0 bridgehead atoms. The van der Waals surface area contributed by atoms with Crippen molar-refractivity contribution in [1.82, 2.24) is 10.2 Å². The lowest BCUT2D eigenvalue weighted by atomic mass is 10.0. The van der Waals surface area contributed by atoms with E-state index in [1.807, 2.05) is 54.6 Å². The maximum Gasteiger partial charge on any atom is 0.242 e. The summed E-state index contributed by atoms with van der Waals surface area (Å²) in [5.41, 5.74) is 1.04. The fourth-order valence-electron chi connectivity index (χ4n) is 3.64. The highest BCUT2D eigenvalue weighted by Crippen LogP contribution is 2.31. The van der Waals surface area contributed by atoms with Crippen LogP contribution in [0, 0.1) is 0 Å². The molecule has 26 heavy (non-hydrogen) atoms. The number of ether oxygens (including phenoxy) is 2. The number of likely N-dealkylation sites (tertiary alicyclic amines) is 1. The molecule has 1 N–H and O–H groups in total. The fraction of sp³-hybridized carbons (Fsp3) is 0.381. The summed E-state index contributed by atoms with van der Waals surface area (Å²) in [6.07, 6.45) is 2.11. The Bertz CT molecular complexity index is 744. The van der Waals surface area contributed by atoms with Crippen molar-refractivity contribution in [3.8, 4) is 11.5 Å². The van der Waals surface area contributed by atoms with Crippen LogP contribution in [0.2, 0.25) is 0 Å². The van der Waals surface area contributed by atoms with Crippen molar-refractivity contribution in [2.75, 3.05) is 26.2 Å². The minimum Gasteiger partial charge on any atom is -0.486 e. The molecule has 2 aliphatic heterocycles. The minimum atomic E-state index is -0.240. The lowest BCUT2D eigenvalue weighted by molar-refractivity contribution is -0.126. The second-order valence-electron chi connectivity index (χ2n) is 6.80. The molecule has 1 fully saturated rings. The van der Waals surface area contributed by atoms with Crippen LogP contribution >= 0.6 is 0 Å². The topological polar surface area (TPSA) is 50.8 Å². The molecule has 0 saturated carbocycles. The molecule has 1 saturated heterocycles. The van der Waals surface area contributed by atoms with Crippen molar-refractivity contribution >= 4 is 5.91 Å². The minimum absolute atomic E-state index is 0.0283. The zero-order valence-electron chi connectivity index (χ0n) is 14.8. The van der Waals surface area contributed by atoms with E-state index in [9.17, 15) is 4.79 Å². The Morgan fingerprint density at radius 2 is 1.73 bits per heavy atom. The number of benzene rings is 2. The van der Waals surface area contributed by atoms with E-state index in [0.717, 1.165) is 43.0 Å². The Balaban J connectivity index is 1.41. The summed E-state index contributed by atoms with van der Waals surface area (Å²) in [5, 5.41) is 3.07. The monoisotopic (exact) mass is 352 g/mol. The van der Waals surface area contributed by atoms with Gasteiger partial charge in [0.05, 0.1) is 6.54 Å². The number of nitrogens with one attached hydrogen (secondary N) is 1. The van der Waals surface area contributed by atoms with Gasteiger partial charge in [-0.15, -0.1) is 0 Å². The van der Waals surface area contributed by atoms with Gasteiger partial charge in [-0.1, -0.05) is 42.5 Å². The lowest BCUT2D eigenvalue weighted by Crippen LogP contribution is -2.45. The summed E-state index contributed by atoms with van der Waals surface area (Å²) >= 11 is 0. The third-order valence-corrected chi connectivity index (χ3v) is 4.94. The standard InChI is InChI=1S/C21H24N2O3/c24-21(20(23-12-6-7-13-23)16-8-2-1-3-9-16)22-14-17-15-25-18-10-4-5-11-19(18)26-17/h1-5,8-11,17,20H,6-7,12-15H2,(H,22,24)/t17-,20-/m0/s1. The zero-order valence-corrected chi connectivity index (χ0v) is 14.8. The van der Waals surface area contributed by atoms with Crippen LogP contribution in [0.15, 0.2) is 54.6 Å². The molecule has 0 radical (unpaired) electrons. The van der Waals surface area contributed by atoms with E-state index in [2.05, 4.69) is 10.2 Å². The van der Waals surface area contributed by atoms with Crippen LogP contribution in [0.3, 0.4) is 0 Å². The molecule has 4 rings (SSSR count). The maximum absolute atomic E-state index is 13.0. The summed E-state index contributed by atoms with van der Waals surface area (Å²) < 4.78 is 11.7. The number of carbonyl (C=O) groups excluding carboxylic acids is 1. The molecule has 136 valence electrons. The second-order valence-corrected chi connectivity index (χ2v) is 6.80. The van der Waals surface area contributed by atoms with E-state index >= 15 is 0 Å². The smallest absolute Gasteiger partial charge is 0.242 e. The average Bonchev–Trinajstić information content (AvgIpc) is 3.21. The molecule has 0 unspecified atom stereocenters. The molecule has 0 aliphatic carbocycles. The van der Waals surface area contributed by atoms with Gasteiger partial charge in [-0.05, 0) is 43.6 Å². The number of hydrogen-bond donors (Lipinski definition) is 1. The zero-order chi connectivity index (χ0) is 17.8. The number of fused-ring (bicyclic) bond motifs is 1. The Labute approximate surface area is 153 Å². The van der Waals surface area contributed by atoms with E-state index in [-0.39, 0.29) is 18.1 Å². The van der Waals surface area contributed by atoms with Gasteiger partial charge in [0.1, 0.15) is 18.8 Å². The summed E-state index contributed by atoms with van der Waals surface area (Å²) in [6, 6.07) is 17.4. The highest BCUT2D eigenvalue weighted by Gasteiger charge is 2.30. The first-order valence-electron chi connectivity index (χ1n) is 9.26. The van der Waals surface area contributed by atoms with Gasteiger partial charge < -0.3 is 14.8 Å². The molecule has 5 heteroatoms. The van der Waals surface area contributed by atoms with E-state index in [1.54, 1.807) is 0 Å². The Kier molecular flexibility index (Phi) is 5.07. The van der Waals surface area contributed by atoms with Crippen LogP contribution in [0.4, 0.5) is 0 Å². The largest absolute Gasteiger partial charge is 0.486 e. The maximum atomic E-state index is 13.0. The number of nitrogens with zero attached hydrogens (tertiary/aromatic N) is 1. The quantitative estimate of drug-likeness (QED) is 0.899. The van der Waals surface area contributed by atoms with E-state index in [1.165, 1.54) is 0 Å². The first kappa shape index (κ1) is 16.9. The Morgan fingerprint density at radius 3 is 2.50 bits per heavy atom. The predicted molar refractivity (Wildman–Crippen MR) is 99.4 cm³/mol. The third-order valence-electron chi connectivity index (χ3n) is 4.94. The highest BCUT2D eigenvalue weighted by atomic mass is 16.6. The number of rotatable bonds is 5. The molecule has 0 spiro atoms. The summed E-state index contributed by atoms with van der Waals surface area (Å²) in [6.45, 7) is 2.80. The average molecular weight is 352 g/mol. The van der Waals surface area contributed by atoms with Gasteiger partial charge in [-0.2, -0.15) is 0 Å². The van der Waals surface area contributed by atoms with Gasteiger partial charge in [0.25, 0.3) is 0 Å². The van der Waals surface area contributed by atoms with E-state index < -0.39 is 0 Å². The molecule has 2 atom stereocenters. The summed E-state index contributed by atoms with van der Waals surface area (Å²) in [5.74, 6) is 1.52. The van der Waals surface area contributed by atoms with Gasteiger partial charge in [0.15, 0.2) is 11.5 Å². The van der Waals surface area contributed by atoms with Crippen LogP contribution in [0.1, 0.15) is 24.4 Å². The van der Waals surface area contributed by atoms with E-state index in [4.69, 9.17) is 9.47 Å². The van der Waals surface area contributed by atoms with Crippen molar-refractivity contribution < 1.29 is 14.3 Å². The molecule has 1 amide bonds. The van der Waals surface area contributed by atoms with Gasteiger partial charge in [0, 0.05) is 0 Å². The van der Waals surface area contributed by atoms with Crippen molar-refractivity contribution in [2.45, 2.75) is 25.0 Å². The normalized spacial score (nSPS) is 20.5. The molecule has 0 aromatic heterocycles. The van der Waals surface area contributed by atoms with Crippen LogP contribution in [0.25, 0.3) is 0 Å².